The molecule has 2 amide bonds. The van der Waals surface area contributed by atoms with Crippen molar-refractivity contribution in [3.63, 3.8) is 0 Å². The Kier molecular flexibility index (Phi) is 5.80. The number of carbonyl (C=O) groups excluding carboxylic acids is 2. The van der Waals surface area contributed by atoms with Crippen LogP contribution >= 0.6 is 0 Å². The fourth-order valence-electron chi connectivity index (χ4n) is 2.16. The molecule has 0 radical (unpaired) electrons. The number of amides is 2. The minimum atomic E-state index is -0.550. The van der Waals surface area contributed by atoms with Gasteiger partial charge < -0.3 is 10.6 Å². The van der Waals surface area contributed by atoms with Crippen molar-refractivity contribution in [2.24, 2.45) is 0 Å². The van der Waals surface area contributed by atoms with Crippen molar-refractivity contribution in [3.05, 3.63) is 42.7 Å². The summed E-state index contributed by atoms with van der Waals surface area (Å²) in [6.07, 6.45) is 4.49. The number of hydrogen-bond acceptors (Lipinski definition) is 4. The van der Waals surface area contributed by atoms with Crippen molar-refractivity contribution in [3.8, 4) is 11.4 Å². The van der Waals surface area contributed by atoms with Crippen LogP contribution in [-0.2, 0) is 9.59 Å². The molecule has 0 saturated heterocycles. The van der Waals surface area contributed by atoms with E-state index in [0.29, 0.717) is 17.9 Å². The van der Waals surface area contributed by atoms with Crippen LogP contribution in [0.3, 0.4) is 0 Å². The predicted molar refractivity (Wildman–Crippen MR) is 88.6 cm³/mol. The van der Waals surface area contributed by atoms with Crippen LogP contribution in [0.15, 0.2) is 42.7 Å². The molecule has 0 aliphatic rings. The molecular formula is C17H20N4O2. The SMILES string of the molecule is CCCC(NC(C)=O)C(=O)Nc1cnc(-c2ccccc2)nc1. The lowest BCUT2D eigenvalue weighted by atomic mass is 10.1. The lowest BCUT2D eigenvalue weighted by molar-refractivity contribution is -0.125. The summed E-state index contributed by atoms with van der Waals surface area (Å²) in [6.45, 7) is 3.35. The summed E-state index contributed by atoms with van der Waals surface area (Å²) in [5.74, 6) is 0.1000. The summed E-state index contributed by atoms with van der Waals surface area (Å²) in [5.41, 5.74) is 1.41. The van der Waals surface area contributed by atoms with Gasteiger partial charge in [-0.15, -0.1) is 0 Å². The molecule has 0 aliphatic carbocycles. The van der Waals surface area contributed by atoms with Gasteiger partial charge in [-0.25, -0.2) is 9.97 Å². The third-order valence-corrected chi connectivity index (χ3v) is 3.22. The zero-order valence-electron chi connectivity index (χ0n) is 13.2. The van der Waals surface area contributed by atoms with Crippen molar-refractivity contribution in [1.82, 2.24) is 15.3 Å². The summed E-state index contributed by atoms with van der Waals surface area (Å²) < 4.78 is 0. The highest BCUT2D eigenvalue weighted by Gasteiger charge is 2.18. The van der Waals surface area contributed by atoms with E-state index in [4.69, 9.17) is 0 Å². The molecule has 6 heteroatoms. The Bertz CT molecular complexity index is 656. The lowest BCUT2D eigenvalue weighted by Gasteiger charge is -2.16. The molecular weight excluding hydrogens is 292 g/mol. The van der Waals surface area contributed by atoms with Crippen molar-refractivity contribution >= 4 is 17.5 Å². The molecule has 0 bridgehead atoms. The van der Waals surface area contributed by atoms with Gasteiger partial charge in [-0.3, -0.25) is 9.59 Å². The first kappa shape index (κ1) is 16.6. The second-order valence-corrected chi connectivity index (χ2v) is 5.19. The van der Waals surface area contributed by atoms with Gasteiger partial charge >= 0.3 is 0 Å². The van der Waals surface area contributed by atoms with Crippen LogP contribution in [0.2, 0.25) is 0 Å². The zero-order valence-corrected chi connectivity index (χ0v) is 13.2. The van der Waals surface area contributed by atoms with Crippen LogP contribution in [0.25, 0.3) is 11.4 Å². The number of aromatic nitrogens is 2. The minimum Gasteiger partial charge on any atom is -0.345 e. The van der Waals surface area contributed by atoms with E-state index in [2.05, 4.69) is 20.6 Å². The Hall–Kier alpha value is -2.76. The fraction of sp³-hybridized carbons (Fsp3) is 0.294. The van der Waals surface area contributed by atoms with Crippen LogP contribution in [-0.4, -0.2) is 27.8 Å². The number of nitrogens with one attached hydrogen (secondary N) is 2. The van der Waals surface area contributed by atoms with Crippen LogP contribution in [0.4, 0.5) is 5.69 Å². The number of nitrogens with zero attached hydrogens (tertiary/aromatic N) is 2. The average molecular weight is 312 g/mol. The van der Waals surface area contributed by atoms with E-state index in [1.54, 1.807) is 12.4 Å². The van der Waals surface area contributed by atoms with Crippen LogP contribution in [0.5, 0.6) is 0 Å². The lowest BCUT2D eigenvalue weighted by Crippen LogP contribution is -2.42. The van der Waals surface area contributed by atoms with Crippen LogP contribution in [0, 0.1) is 0 Å². The molecule has 6 nitrogen and oxygen atoms in total. The first-order valence-corrected chi connectivity index (χ1v) is 7.55. The van der Waals surface area contributed by atoms with Crippen molar-refractivity contribution in [2.75, 3.05) is 5.32 Å². The Labute approximate surface area is 135 Å². The molecule has 0 fully saturated rings. The number of hydrogen-bond donors (Lipinski definition) is 2. The molecule has 23 heavy (non-hydrogen) atoms. The molecule has 2 rings (SSSR count). The summed E-state index contributed by atoms with van der Waals surface area (Å²) in [5, 5.41) is 5.38. The Morgan fingerprint density at radius 3 is 2.35 bits per heavy atom. The highest BCUT2D eigenvalue weighted by molar-refractivity contribution is 5.96. The normalized spacial score (nSPS) is 11.6. The van der Waals surface area contributed by atoms with Crippen LogP contribution in [0.1, 0.15) is 26.7 Å². The van der Waals surface area contributed by atoms with Gasteiger partial charge in [0.25, 0.3) is 0 Å². The average Bonchev–Trinajstić information content (AvgIpc) is 2.55. The van der Waals surface area contributed by atoms with E-state index in [9.17, 15) is 9.59 Å². The van der Waals surface area contributed by atoms with Gasteiger partial charge in [0.1, 0.15) is 6.04 Å². The van der Waals surface area contributed by atoms with E-state index in [0.717, 1.165) is 12.0 Å². The van der Waals surface area contributed by atoms with E-state index in [1.807, 2.05) is 37.3 Å². The molecule has 120 valence electrons. The number of rotatable bonds is 6. The molecule has 1 aromatic carbocycles. The third kappa shape index (κ3) is 4.88. The van der Waals surface area contributed by atoms with Gasteiger partial charge in [0.2, 0.25) is 11.8 Å². The maximum absolute atomic E-state index is 12.2. The smallest absolute Gasteiger partial charge is 0.247 e. The third-order valence-electron chi connectivity index (χ3n) is 3.22. The van der Waals surface area contributed by atoms with E-state index >= 15 is 0 Å². The highest BCUT2D eigenvalue weighted by atomic mass is 16.2. The summed E-state index contributed by atoms with van der Waals surface area (Å²) >= 11 is 0. The summed E-state index contributed by atoms with van der Waals surface area (Å²) in [4.78, 5) is 31.9. The number of benzene rings is 1. The molecule has 0 saturated carbocycles. The minimum absolute atomic E-state index is 0.228. The maximum atomic E-state index is 12.2. The Balaban J connectivity index is 2.04. The molecule has 0 spiro atoms. The topological polar surface area (TPSA) is 84.0 Å². The zero-order chi connectivity index (χ0) is 16.7. The Morgan fingerprint density at radius 1 is 1.13 bits per heavy atom. The van der Waals surface area contributed by atoms with Crippen LogP contribution < -0.4 is 10.6 Å². The fourth-order valence-corrected chi connectivity index (χ4v) is 2.16. The second kappa shape index (κ2) is 8.03. The van der Waals surface area contributed by atoms with Crippen molar-refractivity contribution in [1.29, 1.82) is 0 Å². The monoisotopic (exact) mass is 312 g/mol. The summed E-state index contributed by atoms with van der Waals surface area (Å²) in [7, 11) is 0. The maximum Gasteiger partial charge on any atom is 0.247 e. The van der Waals surface area contributed by atoms with Crippen molar-refractivity contribution < 1.29 is 9.59 Å². The quantitative estimate of drug-likeness (QED) is 0.858. The first-order chi connectivity index (χ1) is 11.1. The summed E-state index contributed by atoms with van der Waals surface area (Å²) in [6, 6.07) is 9.04. The predicted octanol–water partition coefficient (Wildman–Crippen LogP) is 2.39. The molecule has 1 aromatic heterocycles. The van der Waals surface area contributed by atoms with Gasteiger partial charge in [-0.2, -0.15) is 0 Å². The van der Waals surface area contributed by atoms with Gasteiger partial charge in [-0.05, 0) is 6.42 Å². The van der Waals surface area contributed by atoms with E-state index in [-0.39, 0.29) is 11.8 Å². The Morgan fingerprint density at radius 2 is 1.78 bits per heavy atom. The van der Waals surface area contributed by atoms with Gasteiger partial charge in [0.05, 0.1) is 18.1 Å². The van der Waals surface area contributed by atoms with Gasteiger partial charge in [0.15, 0.2) is 5.82 Å². The molecule has 2 aromatic rings. The van der Waals surface area contributed by atoms with E-state index in [1.165, 1.54) is 6.92 Å². The van der Waals surface area contributed by atoms with Crippen molar-refractivity contribution in [2.45, 2.75) is 32.7 Å². The van der Waals surface area contributed by atoms with Gasteiger partial charge in [0, 0.05) is 12.5 Å². The van der Waals surface area contributed by atoms with Gasteiger partial charge in [-0.1, -0.05) is 43.7 Å². The molecule has 0 aliphatic heterocycles. The molecule has 1 atom stereocenters. The largest absolute Gasteiger partial charge is 0.345 e. The van der Waals surface area contributed by atoms with E-state index < -0.39 is 6.04 Å². The second-order valence-electron chi connectivity index (χ2n) is 5.19. The number of carbonyl (C=O) groups is 2. The molecule has 1 unspecified atom stereocenters. The first-order valence-electron chi connectivity index (χ1n) is 7.55. The highest BCUT2D eigenvalue weighted by Crippen LogP contribution is 2.15. The number of anilines is 1. The molecule has 2 N–H and O–H groups in total. The standard InChI is InChI=1S/C17H20N4O2/c1-3-7-15(20-12(2)22)17(23)21-14-10-18-16(19-11-14)13-8-5-4-6-9-13/h4-6,8-11,15H,3,7H2,1-2H3,(H,20,22)(H,21,23). The molecule has 1 heterocycles.